The fourth-order valence-corrected chi connectivity index (χ4v) is 1.40. The largest absolute Gasteiger partial charge is 0.506 e. The number of hydrogen-bond donors (Lipinski definition) is 2. The number of benzene rings is 1. The van der Waals surface area contributed by atoms with Gasteiger partial charge in [-0.3, -0.25) is 0 Å². The van der Waals surface area contributed by atoms with Gasteiger partial charge in [0.1, 0.15) is 11.2 Å². The van der Waals surface area contributed by atoms with Gasteiger partial charge in [-0.2, -0.15) is 5.26 Å². The molecule has 0 aliphatic heterocycles. The minimum Gasteiger partial charge on any atom is -0.506 e. The molecular weight excluding hydrogens is 196 g/mol. The second-order valence-corrected chi connectivity index (χ2v) is 3.27. The predicted molar refractivity (Wildman–Crippen MR) is 49.0 cm³/mol. The number of thiocyanates is 1. The number of nitriles is 1. The van der Waals surface area contributed by atoms with Crippen molar-refractivity contribution < 1.29 is 5.11 Å². The van der Waals surface area contributed by atoms with Crippen LogP contribution in [0.25, 0.3) is 0 Å². The summed E-state index contributed by atoms with van der Waals surface area (Å²) in [5, 5.41) is 19.7. The molecule has 12 heavy (non-hydrogen) atoms. The third-order valence-electron chi connectivity index (χ3n) is 1.24. The van der Waals surface area contributed by atoms with Crippen molar-refractivity contribution >= 4 is 29.1 Å². The van der Waals surface area contributed by atoms with Gasteiger partial charge in [0.05, 0.1) is 10.7 Å². The maximum atomic E-state index is 9.14. The summed E-state index contributed by atoms with van der Waals surface area (Å²) in [6.07, 6.45) is 0. The van der Waals surface area contributed by atoms with E-state index in [4.69, 9.17) is 27.7 Å². The molecule has 0 spiro atoms. The predicted octanol–water partition coefficient (Wildman–Crippen LogP) is 2.20. The van der Waals surface area contributed by atoms with E-state index in [1.807, 2.05) is 5.40 Å². The lowest BCUT2D eigenvalue weighted by atomic mass is 10.3. The standard InChI is InChI=1S/C7H5ClN2OS/c8-4-1-5(10)6(11)2-7(4)12-3-9/h1-2,11H,10H2. The molecule has 0 atom stereocenters. The number of rotatable bonds is 1. The first-order valence-electron chi connectivity index (χ1n) is 2.99. The number of hydrogen-bond acceptors (Lipinski definition) is 4. The molecule has 3 N–H and O–H groups in total. The van der Waals surface area contributed by atoms with Gasteiger partial charge in [-0.25, -0.2) is 0 Å². The van der Waals surface area contributed by atoms with Crippen molar-refractivity contribution in [1.29, 1.82) is 5.26 Å². The minimum atomic E-state index is -0.0582. The quantitative estimate of drug-likeness (QED) is 0.316. The lowest BCUT2D eigenvalue weighted by Crippen LogP contribution is -1.86. The van der Waals surface area contributed by atoms with Crippen LogP contribution in [0.3, 0.4) is 0 Å². The van der Waals surface area contributed by atoms with Crippen LogP contribution in [0.2, 0.25) is 5.02 Å². The van der Waals surface area contributed by atoms with Gasteiger partial charge in [0.25, 0.3) is 0 Å². The molecule has 5 heteroatoms. The number of phenolic OH excluding ortho intramolecular Hbond substituents is 1. The Balaban J connectivity index is 3.16. The summed E-state index contributed by atoms with van der Waals surface area (Å²) in [7, 11) is 0. The van der Waals surface area contributed by atoms with E-state index in [0.29, 0.717) is 9.92 Å². The maximum absolute atomic E-state index is 9.14. The van der Waals surface area contributed by atoms with Gasteiger partial charge < -0.3 is 10.8 Å². The highest BCUT2D eigenvalue weighted by molar-refractivity contribution is 8.03. The molecule has 0 bridgehead atoms. The number of phenols is 1. The molecule has 0 aromatic heterocycles. The molecule has 0 heterocycles. The molecule has 1 rings (SSSR count). The van der Waals surface area contributed by atoms with Crippen molar-refractivity contribution in [3.63, 3.8) is 0 Å². The average Bonchev–Trinajstić information content (AvgIpc) is 2.01. The Bertz CT molecular complexity index is 348. The lowest BCUT2D eigenvalue weighted by molar-refractivity contribution is 0.476. The zero-order valence-electron chi connectivity index (χ0n) is 5.91. The Morgan fingerprint density at radius 2 is 2.25 bits per heavy atom. The average molecular weight is 201 g/mol. The Morgan fingerprint density at radius 1 is 1.58 bits per heavy atom. The summed E-state index contributed by atoms with van der Waals surface area (Å²) in [5.74, 6) is -0.0582. The van der Waals surface area contributed by atoms with E-state index in [2.05, 4.69) is 0 Å². The lowest BCUT2D eigenvalue weighted by Gasteiger charge is -2.02. The summed E-state index contributed by atoms with van der Waals surface area (Å²) >= 11 is 6.60. The first-order chi connectivity index (χ1) is 5.65. The Labute approximate surface area is 78.7 Å². The summed E-state index contributed by atoms with van der Waals surface area (Å²) in [6, 6.07) is 2.78. The summed E-state index contributed by atoms with van der Waals surface area (Å²) < 4.78 is 0. The van der Waals surface area contributed by atoms with Crippen molar-refractivity contribution in [2.75, 3.05) is 5.73 Å². The number of nitrogens with zero attached hydrogens (tertiary/aromatic N) is 1. The van der Waals surface area contributed by atoms with E-state index < -0.39 is 0 Å². The van der Waals surface area contributed by atoms with E-state index in [-0.39, 0.29) is 11.4 Å². The highest BCUT2D eigenvalue weighted by atomic mass is 35.5. The van der Waals surface area contributed by atoms with E-state index in [1.165, 1.54) is 12.1 Å². The molecule has 3 nitrogen and oxygen atoms in total. The van der Waals surface area contributed by atoms with Crippen LogP contribution < -0.4 is 5.73 Å². The third-order valence-corrected chi connectivity index (χ3v) is 2.31. The normalized spacial score (nSPS) is 9.33. The molecule has 1 aromatic carbocycles. The minimum absolute atomic E-state index is 0.0582. The second-order valence-electron chi connectivity index (χ2n) is 2.03. The Morgan fingerprint density at radius 3 is 2.83 bits per heavy atom. The van der Waals surface area contributed by atoms with E-state index in [1.54, 1.807) is 0 Å². The van der Waals surface area contributed by atoms with Crippen LogP contribution in [0.15, 0.2) is 17.0 Å². The van der Waals surface area contributed by atoms with Crippen LogP contribution in [0.1, 0.15) is 0 Å². The van der Waals surface area contributed by atoms with Crippen molar-refractivity contribution in [3.8, 4) is 11.2 Å². The SMILES string of the molecule is N#CSc1cc(O)c(N)cc1Cl. The molecule has 0 fully saturated rings. The molecule has 0 aliphatic carbocycles. The van der Waals surface area contributed by atoms with Crippen molar-refractivity contribution in [2.45, 2.75) is 4.90 Å². The summed E-state index contributed by atoms with van der Waals surface area (Å²) in [4.78, 5) is 0.505. The van der Waals surface area contributed by atoms with E-state index in [0.717, 1.165) is 11.8 Å². The number of anilines is 1. The molecule has 0 amide bonds. The molecule has 62 valence electrons. The first kappa shape index (κ1) is 9.04. The van der Waals surface area contributed by atoms with Gasteiger partial charge in [-0.05, 0) is 23.9 Å². The monoisotopic (exact) mass is 200 g/mol. The number of aromatic hydroxyl groups is 1. The zero-order chi connectivity index (χ0) is 9.14. The van der Waals surface area contributed by atoms with Crippen LogP contribution in [0.4, 0.5) is 5.69 Å². The van der Waals surface area contributed by atoms with E-state index in [9.17, 15) is 0 Å². The van der Waals surface area contributed by atoms with Gasteiger partial charge in [0.15, 0.2) is 0 Å². The molecule has 0 unspecified atom stereocenters. The Kier molecular flexibility index (Phi) is 2.69. The molecule has 0 radical (unpaired) electrons. The summed E-state index contributed by atoms with van der Waals surface area (Å²) in [6.45, 7) is 0. The van der Waals surface area contributed by atoms with E-state index >= 15 is 0 Å². The van der Waals surface area contributed by atoms with Crippen molar-refractivity contribution in [1.82, 2.24) is 0 Å². The van der Waals surface area contributed by atoms with Crippen LogP contribution >= 0.6 is 23.4 Å². The zero-order valence-corrected chi connectivity index (χ0v) is 7.49. The molecule has 0 aliphatic rings. The molecule has 1 aromatic rings. The summed E-state index contributed by atoms with van der Waals surface area (Å²) in [5.41, 5.74) is 5.57. The van der Waals surface area contributed by atoms with Crippen LogP contribution in [-0.4, -0.2) is 5.11 Å². The smallest absolute Gasteiger partial charge is 0.139 e. The van der Waals surface area contributed by atoms with Gasteiger partial charge >= 0.3 is 0 Å². The van der Waals surface area contributed by atoms with Gasteiger partial charge in [0, 0.05) is 4.90 Å². The number of halogens is 1. The maximum Gasteiger partial charge on any atom is 0.139 e. The first-order valence-corrected chi connectivity index (χ1v) is 4.18. The van der Waals surface area contributed by atoms with Gasteiger partial charge in [-0.1, -0.05) is 11.6 Å². The number of thioether (sulfide) groups is 1. The highest BCUT2D eigenvalue weighted by Gasteiger charge is 2.05. The highest BCUT2D eigenvalue weighted by Crippen LogP contribution is 2.33. The number of nitrogen functional groups attached to an aromatic ring is 1. The molecule has 0 saturated heterocycles. The van der Waals surface area contributed by atoms with Crippen LogP contribution in [0, 0.1) is 10.7 Å². The molecule has 0 saturated carbocycles. The fraction of sp³-hybridized carbons (Fsp3) is 0. The third kappa shape index (κ3) is 1.76. The van der Waals surface area contributed by atoms with Crippen molar-refractivity contribution in [2.24, 2.45) is 0 Å². The second kappa shape index (κ2) is 3.57. The number of nitrogens with two attached hydrogens (primary N) is 1. The van der Waals surface area contributed by atoms with Crippen LogP contribution in [0.5, 0.6) is 5.75 Å². The topological polar surface area (TPSA) is 70.0 Å². The molecular formula is C7H5ClN2OS. The van der Waals surface area contributed by atoms with Crippen LogP contribution in [-0.2, 0) is 0 Å². The fourth-order valence-electron chi connectivity index (χ4n) is 0.685. The Hall–Kier alpha value is -1.05. The van der Waals surface area contributed by atoms with Gasteiger partial charge in [-0.15, -0.1) is 0 Å². The van der Waals surface area contributed by atoms with Gasteiger partial charge in [0.2, 0.25) is 0 Å². The van der Waals surface area contributed by atoms with Crippen molar-refractivity contribution in [3.05, 3.63) is 17.2 Å².